The van der Waals surface area contributed by atoms with Crippen LogP contribution in [0.5, 0.6) is 0 Å². The lowest BCUT2D eigenvalue weighted by Gasteiger charge is -2.17. The fourth-order valence-electron chi connectivity index (χ4n) is 2.65. The summed E-state index contributed by atoms with van der Waals surface area (Å²) >= 11 is 5.85. The number of aliphatic hydroxyl groups is 1. The molecule has 1 N–H and O–H groups in total. The van der Waals surface area contributed by atoms with Crippen LogP contribution in [0.3, 0.4) is 0 Å². The minimum absolute atomic E-state index is 0.0487. The minimum Gasteiger partial charge on any atom is -0.393 e. The number of amides is 1. The molecule has 1 aliphatic heterocycles. The molecule has 1 aromatic carbocycles. The van der Waals surface area contributed by atoms with Gasteiger partial charge in [-0.2, -0.15) is 4.80 Å². The SMILES string of the molecule is CC(O)C1CCN(C(=O)Cn2nnc(-c3ccc(Cl)cc3)n2)C1. The second-order valence-electron chi connectivity index (χ2n) is 5.78. The lowest BCUT2D eigenvalue weighted by Crippen LogP contribution is -2.33. The average Bonchev–Trinajstić information content (AvgIpc) is 3.17. The maximum Gasteiger partial charge on any atom is 0.246 e. The van der Waals surface area contributed by atoms with E-state index < -0.39 is 6.10 Å². The van der Waals surface area contributed by atoms with Crippen molar-refractivity contribution >= 4 is 17.5 Å². The maximum absolute atomic E-state index is 12.3. The molecule has 0 aliphatic carbocycles. The van der Waals surface area contributed by atoms with E-state index in [-0.39, 0.29) is 18.4 Å². The van der Waals surface area contributed by atoms with Crippen LogP contribution in [0, 0.1) is 5.92 Å². The molecule has 1 saturated heterocycles. The maximum atomic E-state index is 12.3. The number of carbonyl (C=O) groups is 1. The lowest BCUT2D eigenvalue weighted by atomic mass is 10.0. The molecule has 23 heavy (non-hydrogen) atoms. The van der Waals surface area contributed by atoms with E-state index in [1.807, 2.05) is 0 Å². The van der Waals surface area contributed by atoms with E-state index in [4.69, 9.17) is 11.6 Å². The molecule has 1 aromatic heterocycles. The van der Waals surface area contributed by atoms with Crippen LogP contribution in [0.15, 0.2) is 24.3 Å². The van der Waals surface area contributed by atoms with E-state index in [0.717, 1.165) is 12.0 Å². The van der Waals surface area contributed by atoms with Crippen LogP contribution >= 0.6 is 11.6 Å². The van der Waals surface area contributed by atoms with Gasteiger partial charge in [0.1, 0.15) is 6.54 Å². The fourth-order valence-corrected chi connectivity index (χ4v) is 2.78. The van der Waals surface area contributed by atoms with Gasteiger partial charge in [-0.25, -0.2) is 0 Å². The molecule has 8 heteroatoms. The quantitative estimate of drug-likeness (QED) is 0.908. The van der Waals surface area contributed by atoms with E-state index in [1.54, 1.807) is 36.1 Å². The number of nitrogens with zero attached hydrogens (tertiary/aromatic N) is 5. The number of hydrogen-bond donors (Lipinski definition) is 1. The first-order chi connectivity index (χ1) is 11.0. The van der Waals surface area contributed by atoms with Gasteiger partial charge in [0.05, 0.1) is 6.10 Å². The third-order valence-electron chi connectivity index (χ3n) is 4.09. The van der Waals surface area contributed by atoms with Crippen LogP contribution in [0.1, 0.15) is 13.3 Å². The molecule has 2 unspecified atom stereocenters. The molecule has 2 heterocycles. The van der Waals surface area contributed by atoms with Crippen LogP contribution in [0.2, 0.25) is 5.02 Å². The highest BCUT2D eigenvalue weighted by Gasteiger charge is 2.29. The van der Waals surface area contributed by atoms with Crippen LogP contribution in [0.4, 0.5) is 0 Å². The highest BCUT2D eigenvalue weighted by Crippen LogP contribution is 2.20. The summed E-state index contributed by atoms with van der Waals surface area (Å²) in [5, 5.41) is 22.4. The van der Waals surface area contributed by atoms with Crippen molar-refractivity contribution in [2.24, 2.45) is 5.92 Å². The normalized spacial score (nSPS) is 19.1. The van der Waals surface area contributed by atoms with Crippen LogP contribution < -0.4 is 0 Å². The number of hydrogen-bond acceptors (Lipinski definition) is 5. The van der Waals surface area contributed by atoms with Gasteiger partial charge in [0.2, 0.25) is 11.7 Å². The van der Waals surface area contributed by atoms with E-state index in [0.29, 0.717) is 23.9 Å². The van der Waals surface area contributed by atoms with Crippen molar-refractivity contribution in [2.75, 3.05) is 13.1 Å². The molecule has 7 nitrogen and oxygen atoms in total. The molecular weight excluding hydrogens is 318 g/mol. The number of carbonyl (C=O) groups excluding carboxylic acids is 1. The molecule has 3 rings (SSSR count). The molecule has 0 spiro atoms. The Bertz CT molecular complexity index is 685. The second kappa shape index (κ2) is 6.64. The van der Waals surface area contributed by atoms with Crippen molar-refractivity contribution < 1.29 is 9.90 Å². The number of benzene rings is 1. The van der Waals surface area contributed by atoms with Gasteiger partial charge in [-0.1, -0.05) is 11.6 Å². The Morgan fingerprint density at radius 1 is 1.43 bits per heavy atom. The zero-order chi connectivity index (χ0) is 16.4. The van der Waals surface area contributed by atoms with Crippen molar-refractivity contribution in [3.05, 3.63) is 29.3 Å². The summed E-state index contributed by atoms with van der Waals surface area (Å²) in [5.41, 5.74) is 0.795. The summed E-state index contributed by atoms with van der Waals surface area (Å²) in [4.78, 5) is 15.3. The Hall–Kier alpha value is -1.99. The molecule has 122 valence electrons. The standard InChI is InChI=1S/C15H18ClN5O2/c1-10(22)12-6-7-20(8-12)14(23)9-21-18-15(17-19-21)11-2-4-13(16)5-3-11/h2-5,10,12,22H,6-9H2,1H3. The van der Waals surface area contributed by atoms with Crippen molar-refractivity contribution in [1.82, 2.24) is 25.1 Å². The van der Waals surface area contributed by atoms with Gasteiger partial charge in [0.15, 0.2) is 0 Å². The molecule has 2 atom stereocenters. The number of likely N-dealkylation sites (tertiary alicyclic amines) is 1. The first kappa shape index (κ1) is 15.9. The van der Waals surface area contributed by atoms with Gasteiger partial charge in [0, 0.05) is 29.6 Å². The summed E-state index contributed by atoms with van der Waals surface area (Å²) in [6.45, 7) is 3.05. The van der Waals surface area contributed by atoms with Gasteiger partial charge in [0.25, 0.3) is 0 Å². The van der Waals surface area contributed by atoms with Crippen LogP contribution in [-0.4, -0.2) is 55.3 Å². The fraction of sp³-hybridized carbons (Fsp3) is 0.467. The Morgan fingerprint density at radius 3 is 2.83 bits per heavy atom. The summed E-state index contributed by atoms with van der Waals surface area (Å²) < 4.78 is 0. The van der Waals surface area contributed by atoms with Crippen LogP contribution in [0.25, 0.3) is 11.4 Å². The summed E-state index contributed by atoms with van der Waals surface area (Å²) in [5.74, 6) is 0.540. The number of rotatable bonds is 4. The third kappa shape index (κ3) is 3.68. The van der Waals surface area contributed by atoms with Gasteiger partial charge < -0.3 is 10.0 Å². The molecule has 0 saturated carbocycles. The van der Waals surface area contributed by atoms with E-state index in [2.05, 4.69) is 15.4 Å². The van der Waals surface area contributed by atoms with E-state index in [9.17, 15) is 9.90 Å². The van der Waals surface area contributed by atoms with Crippen molar-refractivity contribution in [3.63, 3.8) is 0 Å². The molecular formula is C15H18ClN5O2. The van der Waals surface area contributed by atoms with Gasteiger partial charge in [-0.15, -0.1) is 10.2 Å². The minimum atomic E-state index is -0.395. The molecule has 2 aromatic rings. The number of halogens is 1. The number of tetrazole rings is 1. The molecule has 1 aliphatic rings. The number of aromatic nitrogens is 4. The van der Waals surface area contributed by atoms with Crippen LogP contribution in [-0.2, 0) is 11.3 Å². The Balaban J connectivity index is 1.63. The van der Waals surface area contributed by atoms with Gasteiger partial charge in [-0.3, -0.25) is 4.79 Å². The van der Waals surface area contributed by atoms with Crippen molar-refractivity contribution in [3.8, 4) is 11.4 Å². The zero-order valence-electron chi connectivity index (χ0n) is 12.8. The Morgan fingerprint density at radius 2 is 2.17 bits per heavy atom. The first-order valence-electron chi connectivity index (χ1n) is 7.52. The predicted molar refractivity (Wildman–Crippen MR) is 84.6 cm³/mol. The monoisotopic (exact) mass is 335 g/mol. The average molecular weight is 336 g/mol. The predicted octanol–water partition coefficient (Wildman–Crippen LogP) is 1.22. The highest BCUT2D eigenvalue weighted by atomic mass is 35.5. The molecule has 1 fully saturated rings. The Labute approximate surface area is 138 Å². The smallest absolute Gasteiger partial charge is 0.246 e. The van der Waals surface area contributed by atoms with Gasteiger partial charge >= 0.3 is 0 Å². The highest BCUT2D eigenvalue weighted by molar-refractivity contribution is 6.30. The second-order valence-corrected chi connectivity index (χ2v) is 6.22. The van der Waals surface area contributed by atoms with Crippen molar-refractivity contribution in [2.45, 2.75) is 26.0 Å². The molecule has 0 radical (unpaired) electrons. The molecule has 0 bridgehead atoms. The topological polar surface area (TPSA) is 84.1 Å². The first-order valence-corrected chi connectivity index (χ1v) is 7.90. The molecule has 1 amide bonds. The third-order valence-corrected chi connectivity index (χ3v) is 4.34. The summed E-state index contributed by atoms with van der Waals surface area (Å²) in [6, 6.07) is 7.12. The van der Waals surface area contributed by atoms with Crippen molar-refractivity contribution in [1.29, 1.82) is 0 Å². The van der Waals surface area contributed by atoms with Gasteiger partial charge in [-0.05, 0) is 42.8 Å². The zero-order valence-corrected chi connectivity index (χ0v) is 13.5. The number of aliphatic hydroxyl groups excluding tert-OH is 1. The largest absolute Gasteiger partial charge is 0.393 e. The Kier molecular flexibility index (Phi) is 4.58. The summed E-state index contributed by atoms with van der Waals surface area (Å²) in [6.07, 6.45) is 0.429. The van der Waals surface area contributed by atoms with E-state index >= 15 is 0 Å². The lowest BCUT2D eigenvalue weighted by molar-refractivity contribution is -0.131. The summed E-state index contributed by atoms with van der Waals surface area (Å²) in [7, 11) is 0. The van der Waals surface area contributed by atoms with E-state index in [1.165, 1.54) is 4.80 Å².